The van der Waals surface area contributed by atoms with Gasteiger partial charge in [-0.05, 0) is 36.3 Å². The third-order valence-electron chi connectivity index (χ3n) is 5.96. The van der Waals surface area contributed by atoms with Crippen molar-refractivity contribution < 1.29 is 19.1 Å². The predicted molar refractivity (Wildman–Crippen MR) is 135 cm³/mol. The van der Waals surface area contributed by atoms with Crippen molar-refractivity contribution in [1.29, 1.82) is 0 Å². The normalized spacial score (nSPS) is 19.5. The molecule has 0 aliphatic carbocycles. The summed E-state index contributed by atoms with van der Waals surface area (Å²) in [5, 5.41) is 8.26. The number of anilines is 1. The minimum Gasteiger partial charge on any atom is -0.497 e. The van der Waals surface area contributed by atoms with Gasteiger partial charge in [0, 0.05) is 36.6 Å². The fourth-order valence-electron chi connectivity index (χ4n) is 4.47. The van der Waals surface area contributed by atoms with Gasteiger partial charge in [0.15, 0.2) is 5.13 Å². The smallest absolute Gasteiger partial charge is 0.252 e. The Morgan fingerprint density at radius 3 is 2.29 bits per heavy atom. The lowest BCUT2D eigenvalue weighted by atomic mass is 9.92. The van der Waals surface area contributed by atoms with Crippen LogP contribution in [0.1, 0.15) is 50.2 Å². The monoisotopic (exact) mass is 488 g/mol. The van der Waals surface area contributed by atoms with Gasteiger partial charge in [0.25, 0.3) is 5.91 Å². The lowest BCUT2D eigenvalue weighted by Crippen LogP contribution is -2.47. The molecular formula is C25H36N4O4S. The van der Waals surface area contributed by atoms with E-state index < -0.39 is 6.04 Å². The highest BCUT2D eigenvalue weighted by Gasteiger charge is 2.27. The van der Waals surface area contributed by atoms with Crippen molar-refractivity contribution in [3.63, 3.8) is 0 Å². The van der Waals surface area contributed by atoms with Crippen LogP contribution in [0.5, 0.6) is 11.5 Å². The molecule has 1 aliphatic heterocycles. The van der Waals surface area contributed by atoms with Crippen LogP contribution in [0, 0.1) is 17.8 Å². The van der Waals surface area contributed by atoms with Crippen LogP contribution in [0.3, 0.4) is 0 Å². The minimum absolute atomic E-state index is 0.118. The molecule has 0 spiro atoms. The second-order valence-corrected chi connectivity index (χ2v) is 10.4. The highest BCUT2D eigenvalue weighted by molar-refractivity contribution is 7.13. The molecule has 0 bridgehead atoms. The number of nitrogens with one attached hydrogen (secondary N) is 2. The van der Waals surface area contributed by atoms with Gasteiger partial charge >= 0.3 is 0 Å². The molecule has 9 heteroatoms. The molecule has 8 nitrogen and oxygen atoms in total. The zero-order chi connectivity index (χ0) is 24.8. The molecule has 186 valence electrons. The van der Waals surface area contributed by atoms with Crippen LogP contribution in [-0.2, 0) is 11.3 Å². The molecular weight excluding hydrogens is 452 g/mol. The van der Waals surface area contributed by atoms with Crippen molar-refractivity contribution >= 4 is 28.3 Å². The highest BCUT2D eigenvalue weighted by atomic mass is 32.1. The first-order chi connectivity index (χ1) is 16.2. The summed E-state index contributed by atoms with van der Waals surface area (Å²) < 4.78 is 10.5. The van der Waals surface area contributed by atoms with Crippen molar-refractivity contribution in [3.05, 3.63) is 34.8 Å². The molecule has 1 saturated heterocycles. The Balaban J connectivity index is 1.64. The lowest BCUT2D eigenvalue weighted by molar-refractivity contribution is -0.118. The minimum atomic E-state index is -0.721. The van der Waals surface area contributed by atoms with Crippen LogP contribution in [0.15, 0.2) is 23.6 Å². The number of thiazole rings is 1. The first-order valence-electron chi connectivity index (χ1n) is 11.7. The Kier molecular flexibility index (Phi) is 8.90. The predicted octanol–water partition coefficient (Wildman–Crippen LogP) is 4.03. The Labute approximate surface area is 206 Å². The molecule has 1 aromatic heterocycles. The van der Waals surface area contributed by atoms with Crippen molar-refractivity contribution in [2.24, 2.45) is 17.8 Å². The molecule has 2 aromatic rings. The molecule has 1 fully saturated rings. The number of aromatic nitrogens is 1. The zero-order valence-electron chi connectivity index (χ0n) is 20.9. The van der Waals surface area contributed by atoms with Crippen LogP contribution in [-0.4, -0.2) is 55.0 Å². The van der Waals surface area contributed by atoms with E-state index in [1.165, 1.54) is 32.0 Å². The van der Waals surface area contributed by atoms with Gasteiger partial charge in [-0.15, -0.1) is 11.3 Å². The van der Waals surface area contributed by atoms with Crippen LogP contribution < -0.4 is 20.1 Å². The number of likely N-dealkylation sites (tertiary alicyclic amines) is 1. The number of benzene rings is 1. The standard InChI is InChI=1S/C25H36N4O4S/c1-15(2)22(27-23(30)18-8-20(32-5)10-21(9-18)33-6)24(31)28-25-26-19(14-34-25)13-29-11-16(3)7-17(4)12-29/h8-10,14-17,22H,7,11-13H2,1-6H3,(H,27,30)(H,26,28,31)/t16-,17+,22-/m1/s1. The summed E-state index contributed by atoms with van der Waals surface area (Å²) in [4.78, 5) is 33.0. The number of hydrogen-bond acceptors (Lipinski definition) is 7. The number of nitrogens with zero attached hydrogens (tertiary/aromatic N) is 2. The number of rotatable bonds is 9. The molecule has 1 aromatic carbocycles. The second-order valence-electron chi connectivity index (χ2n) is 9.57. The fourth-order valence-corrected chi connectivity index (χ4v) is 5.17. The van der Waals surface area contributed by atoms with E-state index in [9.17, 15) is 9.59 Å². The number of carbonyl (C=O) groups is 2. The van der Waals surface area contributed by atoms with Crippen molar-refractivity contribution in [1.82, 2.24) is 15.2 Å². The van der Waals surface area contributed by atoms with Gasteiger partial charge in [-0.25, -0.2) is 4.98 Å². The largest absolute Gasteiger partial charge is 0.497 e. The summed E-state index contributed by atoms with van der Waals surface area (Å²) >= 11 is 1.41. The van der Waals surface area contributed by atoms with E-state index in [-0.39, 0.29) is 17.7 Å². The van der Waals surface area contributed by atoms with Gasteiger partial charge in [-0.1, -0.05) is 27.7 Å². The maximum atomic E-state index is 13.0. The molecule has 34 heavy (non-hydrogen) atoms. The van der Waals surface area contributed by atoms with E-state index in [0.29, 0.717) is 34.0 Å². The first-order valence-corrected chi connectivity index (χ1v) is 12.6. The number of hydrogen-bond donors (Lipinski definition) is 2. The number of carbonyl (C=O) groups excluding carboxylic acids is 2. The number of ether oxygens (including phenoxy) is 2. The summed E-state index contributed by atoms with van der Waals surface area (Å²) in [5.74, 6) is 1.58. The van der Waals surface area contributed by atoms with E-state index in [2.05, 4.69) is 34.4 Å². The fraction of sp³-hybridized carbons (Fsp3) is 0.560. The lowest BCUT2D eigenvalue weighted by Gasteiger charge is -2.34. The second kappa shape index (κ2) is 11.7. The van der Waals surface area contributed by atoms with Gasteiger partial charge in [0.1, 0.15) is 17.5 Å². The zero-order valence-corrected chi connectivity index (χ0v) is 21.7. The molecule has 0 radical (unpaired) electrons. The Bertz CT molecular complexity index is 961. The van der Waals surface area contributed by atoms with Gasteiger partial charge in [0.05, 0.1) is 19.9 Å². The van der Waals surface area contributed by atoms with Gasteiger partial charge in [0.2, 0.25) is 5.91 Å². The van der Waals surface area contributed by atoms with E-state index in [4.69, 9.17) is 9.47 Å². The van der Waals surface area contributed by atoms with Crippen molar-refractivity contribution in [2.75, 3.05) is 32.6 Å². The van der Waals surface area contributed by atoms with Crippen LogP contribution in [0.2, 0.25) is 0 Å². The topological polar surface area (TPSA) is 92.8 Å². The maximum absolute atomic E-state index is 13.0. The Morgan fingerprint density at radius 1 is 1.12 bits per heavy atom. The molecule has 2 amide bonds. The summed E-state index contributed by atoms with van der Waals surface area (Å²) in [6.07, 6.45) is 1.26. The number of amides is 2. The summed E-state index contributed by atoms with van der Waals surface area (Å²) in [6, 6.07) is 4.20. The van der Waals surface area contributed by atoms with Gasteiger partial charge in [-0.3, -0.25) is 14.5 Å². The number of methoxy groups -OCH3 is 2. The first kappa shape index (κ1) is 26.0. The number of piperidine rings is 1. The third kappa shape index (κ3) is 6.93. The van der Waals surface area contributed by atoms with Gasteiger partial charge < -0.3 is 20.1 Å². The Morgan fingerprint density at radius 2 is 1.74 bits per heavy atom. The highest BCUT2D eigenvalue weighted by Crippen LogP contribution is 2.25. The van der Waals surface area contributed by atoms with Crippen LogP contribution in [0.25, 0.3) is 0 Å². The molecule has 1 aliphatic rings. The quantitative estimate of drug-likeness (QED) is 0.554. The summed E-state index contributed by atoms with van der Waals surface area (Å²) in [7, 11) is 3.05. The summed E-state index contributed by atoms with van der Waals surface area (Å²) in [5.41, 5.74) is 1.31. The molecule has 0 saturated carbocycles. The van der Waals surface area contributed by atoms with Crippen molar-refractivity contribution in [3.8, 4) is 11.5 Å². The average molecular weight is 489 g/mol. The van der Waals surface area contributed by atoms with Gasteiger partial charge in [-0.2, -0.15) is 0 Å². The third-order valence-corrected chi connectivity index (χ3v) is 6.77. The van der Waals surface area contributed by atoms with E-state index in [0.717, 1.165) is 25.3 Å². The van der Waals surface area contributed by atoms with E-state index in [1.54, 1.807) is 18.2 Å². The molecule has 0 unspecified atom stereocenters. The average Bonchev–Trinajstić information content (AvgIpc) is 3.22. The molecule has 2 heterocycles. The summed E-state index contributed by atoms with van der Waals surface area (Å²) in [6.45, 7) is 11.3. The maximum Gasteiger partial charge on any atom is 0.252 e. The molecule has 2 N–H and O–H groups in total. The van der Waals surface area contributed by atoms with Crippen LogP contribution >= 0.6 is 11.3 Å². The van der Waals surface area contributed by atoms with E-state index >= 15 is 0 Å². The Hall–Kier alpha value is -2.65. The van der Waals surface area contributed by atoms with E-state index in [1.807, 2.05) is 19.2 Å². The SMILES string of the molecule is COc1cc(OC)cc(C(=O)N[C@@H](C(=O)Nc2nc(CN3C[C@H](C)C[C@H](C)C3)cs2)C(C)C)c1. The van der Waals surface area contributed by atoms with Crippen molar-refractivity contribution in [2.45, 2.75) is 46.7 Å². The molecule has 3 rings (SSSR count). The van der Waals surface area contributed by atoms with Crippen LogP contribution in [0.4, 0.5) is 5.13 Å². The molecule has 3 atom stereocenters.